The van der Waals surface area contributed by atoms with Crippen LogP contribution in [0.1, 0.15) is 27.9 Å². The summed E-state index contributed by atoms with van der Waals surface area (Å²) in [5.74, 6) is 0.158. The summed E-state index contributed by atoms with van der Waals surface area (Å²) in [6, 6.07) is 24.3. The van der Waals surface area contributed by atoms with E-state index in [1.165, 1.54) is 0 Å². The van der Waals surface area contributed by atoms with Crippen molar-refractivity contribution in [2.75, 3.05) is 12.3 Å². The third-order valence-corrected chi connectivity index (χ3v) is 6.42. The fourth-order valence-corrected chi connectivity index (χ4v) is 4.29. The molecule has 0 saturated heterocycles. The Hall–Kier alpha value is -3.63. The number of ether oxygens (including phenoxy) is 1. The van der Waals surface area contributed by atoms with Crippen molar-refractivity contribution in [3.05, 3.63) is 95.6 Å². The number of benzene rings is 3. The Kier molecular flexibility index (Phi) is 7.41. The highest BCUT2D eigenvalue weighted by molar-refractivity contribution is 7.91. The molecule has 0 fully saturated rings. The van der Waals surface area contributed by atoms with Crippen LogP contribution < -0.4 is 10.1 Å². The minimum absolute atomic E-state index is 0.0429. The SMILES string of the molecule is N#Cc1ccccc1COc1cccc(C(=O)NCCCS(=O)(=O)c2ccccc2)c1. The number of nitrogens with one attached hydrogen (secondary N) is 1. The number of hydrogen-bond acceptors (Lipinski definition) is 5. The van der Waals surface area contributed by atoms with E-state index in [1.807, 2.05) is 12.1 Å². The Morgan fingerprint density at radius 1 is 0.968 bits per heavy atom. The van der Waals surface area contributed by atoms with Gasteiger partial charge in [-0.2, -0.15) is 5.26 Å². The molecule has 0 saturated carbocycles. The molecule has 0 aromatic heterocycles. The highest BCUT2D eigenvalue weighted by atomic mass is 32.2. The largest absolute Gasteiger partial charge is 0.489 e. The maximum Gasteiger partial charge on any atom is 0.251 e. The molecule has 0 bridgehead atoms. The maximum absolute atomic E-state index is 12.4. The molecule has 1 amide bonds. The number of carbonyl (C=O) groups excluding carboxylic acids is 1. The van der Waals surface area contributed by atoms with Crippen molar-refractivity contribution in [2.45, 2.75) is 17.9 Å². The molecule has 0 unspecified atom stereocenters. The summed E-state index contributed by atoms with van der Waals surface area (Å²) in [6.07, 6.45) is 0.310. The van der Waals surface area contributed by atoms with E-state index in [-0.39, 0.29) is 29.7 Å². The summed E-state index contributed by atoms with van der Waals surface area (Å²) in [5.41, 5.74) is 1.72. The van der Waals surface area contributed by atoms with Crippen molar-refractivity contribution < 1.29 is 17.9 Å². The van der Waals surface area contributed by atoms with Gasteiger partial charge >= 0.3 is 0 Å². The van der Waals surface area contributed by atoms with Gasteiger partial charge in [0.1, 0.15) is 12.4 Å². The van der Waals surface area contributed by atoms with Crippen LogP contribution in [0.25, 0.3) is 0 Å². The minimum atomic E-state index is -3.36. The third kappa shape index (κ3) is 6.17. The predicted octanol–water partition coefficient (Wildman–Crippen LogP) is 3.73. The first-order chi connectivity index (χ1) is 15.0. The lowest BCUT2D eigenvalue weighted by Crippen LogP contribution is -2.26. The second-order valence-electron chi connectivity index (χ2n) is 6.83. The van der Waals surface area contributed by atoms with Crippen LogP contribution in [-0.2, 0) is 16.4 Å². The van der Waals surface area contributed by atoms with Gasteiger partial charge in [-0.05, 0) is 42.8 Å². The average molecular weight is 435 g/mol. The first-order valence-electron chi connectivity index (χ1n) is 9.76. The smallest absolute Gasteiger partial charge is 0.251 e. The van der Waals surface area contributed by atoms with Gasteiger partial charge in [0.25, 0.3) is 5.91 Å². The molecule has 0 aliphatic heterocycles. The van der Waals surface area contributed by atoms with Crippen molar-refractivity contribution in [2.24, 2.45) is 0 Å². The number of nitrogens with zero attached hydrogens (tertiary/aromatic N) is 1. The molecule has 1 N–H and O–H groups in total. The van der Waals surface area contributed by atoms with Crippen LogP contribution in [0, 0.1) is 11.3 Å². The topological polar surface area (TPSA) is 96.3 Å². The van der Waals surface area contributed by atoms with Crippen LogP contribution in [-0.4, -0.2) is 26.6 Å². The zero-order valence-electron chi connectivity index (χ0n) is 16.8. The van der Waals surface area contributed by atoms with Gasteiger partial charge in [0, 0.05) is 17.7 Å². The maximum atomic E-state index is 12.4. The molecule has 3 rings (SSSR count). The Labute approximate surface area is 182 Å². The first kappa shape index (κ1) is 22.1. The van der Waals surface area contributed by atoms with E-state index in [2.05, 4.69) is 11.4 Å². The fraction of sp³-hybridized carbons (Fsp3) is 0.167. The lowest BCUT2D eigenvalue weighted by Gasteiger charge is -2.10. The van der Waals surface area contributed by atoms with E-state index in [0.29, 0.717) is 23.3 Å². The molecular weight excluding hydrogens is 412 g/mol. The van der Waals surface area contributed by atoms with Crippen LogP contribution in [0.2, 0.25) is 0 Å². The van der Waals surface area contributed by atoms with Gasteiger partial charge in [0.15, 0.2) is 9.84 Å². The van der Waals surface area contributed by atoms with Crippen LogP contribution >= 0.6 is 0 Å². The molecule has 6 nitrogen and oxygen atoms in total. The molecular formula is C24H22N2O4S. The van der Waals surface area contributed by atoms with Crippen molar-refractivity contribution in [3.8, 4) is 11.8 Å². The van der Waals surface area contributed by atoms with Crippen molar-refractivity contribution in [3.63, 3.8) is 0 Å². The van der Waals surface area contributed by atoms with Gasteiger partial charge < -0.3 is 10.1 Å². The van der Waals surface area contributed by atoms with Crippen LogP contribution in [0.3, 0.4) is 0 Å². The second-order valence-corrected chi connectivity index (χ2v) is 8.94. The van der Waals surface area contributed by atoms with Crippen molar-refractivity contribution in [1.82, 2.24) is 5.32 Å². The highest BCUT2D eigenvalue weighted by Gasteiger charge is 2.14. The average Bonchev–Trinajstić information content (AvgIpc) is 2.81. The molecule has 0 spiro atoms. The number of amides is 1. The van der Waals surface area contributed by atoms with Gasteiger partial charge in [-0.3, -0.25) is 4.79 Å². The Morgan fingerprint density at radius 3 is 2.48 bits per heavy atom. The number of rotatable bonds is 9. The van der Waals surface area contributed by atoms with Crippen LogP contribution in [0.4, 0.5) is 0 Å². The van der Waals surface area contributed by atoms with E-state index in [4.69, 9.17) is 10.00 Å². The van der Waals surface area contributed by atoms with Crippen LogP contribution in [0.15, 0.2) is 83.8 Å². The predicted molar refractivity (Wildman–Crippen MR) is 117 cm³/mol. The molecule has 0 radical (unpaired) electrons. The minimum Gasteiger partial charge on any atom is -0.489 e. The van der Waals surface area contributed by atoms with Gasteiger partial charge in [0.05, 0.1) is 22.3 Å². The van der Waals surface area contributed by atoms with Gasteiger partial charge in [-0.1, -0.05) is 42.5 Å². The molecule has 158 valence electrons. The fourth-order valence-electron chi connectivity index (χ4n) is 2.96. The summed E-state index contributed by atoms with van der Waals surface area (Å²) >= 11 is 0. The zero-order chi connectivity index (χ0) is 22.1. The van der Waals surface area contributed by atoms with E-state index in [0.717, 1.165) is 5.56 Å². The van der Waals surface area contributed by atoms with E-state index in [9.17, 15) is 13.2 Å². The quantitative estimate of drug-likeness (QED) is 0.518. The normalized spacial score (nSPS) is 10.8. The molecule has 7 heteroatoms. The van der Waals surface area contributed by atoms with Crippen molar-refractivity contribution in [1.29, 1.82) is 5.26 Å². The van der Waals surface area contributed by atoms with Gasteiger partial charge in [0.2, 0.25) is 0 Å². The molecule has 0 aliphatic rings. The number of hydrogen-bond donors (Lipinski definition) is 1. The Morgan fingerprint density at radius 2 is 1.71 bits per heavy atom. The first-order valence-corrected chi connectivity index (χ1v) is 11.4. The van der Waals surface area contributed by atoms with Crippen molar-refractivity contribution >= 4 is 15.7 Å². The van der Waals surface area contributed by atoms with E-state index >= 15 is 0 Å². The second kappa shape index (κ2) is 10.4. The summed E-state index contributed by atoms with van der Waals surface area (Å²) in [5, 5.41) is 11.9. The number of sulfone groups is 1. The van der Waals surface area contributed by atoms with Gasteiger partial charge in [-0.25, -0.2) is 8.42 Å². The number of carbonyl (C=O) groups is 1. The Bertz CT molecular complexity index is 1190. The lowest BCUT2D eigenvalue weighted by molar-refractivity contribution is 0.0953. The van der Waals surface area contributed by atoms with Crippen LogP contribution in [0.5, 0.6) is 5.75 Å². The summed E-state index contributed by atoms with van der Waals surface area (Å²) in [4.78, 5) is 12.7. The van der Waals surface area contributed by atoms with E-state index < -0.39 is 9.84 Å². The summed E-state index contributed by atoms with van der Waals surface area (Å²) in [7, 11) is -3.36. The molecule has 0 atom stereocenters. The Balaban J connectivity index is 1.51. The summed E-state index contributed by atoms with van der Waals surface area (Å²) in [6.45, 7) is 0.456. The molecule has 31 heavy (non-hydrogen) atoms. The van der Waals surface area contributed by atoms with E-state index in [1.54, 1.807) is 66.7 Å². The van der Waals surface area contributed by atoms with Gasteiger partial charge in [-0.15, -0.1) is 0 Å². The zero-order valence-corrected chi connectivity index (χ0v) is 17.6. The molecule has 0 aliphatic carbocycles. The molecule has 0 heterocycles. The monoisotopic (exact) mass is 434 g/mol. The summed E-state index contributed by atoms with van der Waals surface area (Å²) < 4.78 is 30.3. The standard InChI is InChI=1S/C24H22N2O4S/c25-17-20-8-4-5-9-21(20)18-30-22-11-6-10-19(16-22)24(27)26-14-7-15-31(28,29)23-12-2-1-3-13-23/h1-6,8-13,16H,7,14-15,18H2,(H,26,27). The number of nitriles is 1. The molecule has 3 aromatic rings. The third-order valence-electron chi connectivity index (χ3n) is 4.61. The molecule has 3 aromatic carbocycles. The lowest BCUT2D eigenvalue weighted by atomic mass is 10.1. The highest BCUT2D eigenvalue weighted by Crippen LogP contribution is 2.17.